The van der Waals surface area contributed by atoms with Crippen molar-refractivity contribution < 1.29 is 19.3 Å². The van der Waals surface area contributed by atoms with Crippen molar-refractivity contribution in [3.63, 3.8) is 0 Å². The van der Waals surface area contributed by atoms with Gasteiger partial charge in [-0.3, -0.25) is 0 Å². The van der Waals surface area contributed by atoms with E-state index >= 15 is 0 Å². The molecule has 0 aromatic heterocycles. The maximum atomic E-state index is 9.49. The van der Waals surface area contributed by atoms with Crippen LogP contribution >= 0.6 is 24.8 Å². The topological polar surface area (TPSA) is 86.0 Å². The predicted octanol–water partition coefficient (Wildman–Crippen LogP) is 3.02. The van der Waals surface area contributed by atoms with Crippen molar-refractivity contribution in [2.24, 2.45) is 0 Å². The monoisotopic (exact) mass is 402 g/mol. The first-order chi connectivity index (χ1) is 11.7. The molecular weight excluding hydrogens is 379 g/mol. The lowest BCUT2D eigenvalue weighted by molar-refractivity contribution is 0.0898. The molecule has 2 aromatic rings. The Morgan fingerprint density at radius 1 is 1.15 bits per heavy atom. The summed E-state index contributed by atoms with van der Waals surface area (Å²) in [6, 6.07) is 12.3. The summed E-state index contributed by atoms with van der Waals surface area (Å²) in [6.07, 6.45) is 0.800. The molecule has 6 nitrogen and oxygen atoms in total. The lowest BCUT2D eigenvalue weighted by Gasteiger charge is -2.26. The summed E-state index contributed by atoms with van der Waals surface area (Å²) in [5, 5.41) is 12.8. The minimum Gasteiger partial charge on any atom is -0.508 e. The maximum Gasteiger partial charge on any atom is 0.165 e. The number of rotatable bonds is 7. The molecule has 1 aliphatic rings. The van der Waals surface area contributed by atoms with Crippen molar-refractivity contribution in [3.8, 4) is 23.0 Å². The maximum absolute atomic E-state index is 9.49. The normalized spacial score (nSPS) is 14.7. The molecule has 0 bridgehead atoms. The number of hydrogen-bond donors (Lipinski definition) is 3. The highest BCUT2D eigenvalue weighted by atomic mass is 35.5. The van der Waals surface area contributed by atoms with Gasteiger partial charge in [0.25, 0.3) is 0 Å². The zero-order chi connectivity index (χ0) is 16.8. The Morgan fingerprint density at radius 2 is 2.00 bits per heavy atom. The quantitative estimate of drug-likeness (QED) is 0.487. The Bertz CT molecular complexity index is 688. The molecular formula is C18H24Cl2N2O4. The van der Waals surface area contributed by atoms with E-state index < -0.39 is 0 Å². The van der Waals surface area contributed by atoms with E-state index in [0.717, 1.165) is 18.7 Å². The van der Waals surface area contributed by atoms with E-state index in [1.54, 1.807) is 18.2 Å². The van der Waals surface area contributed by atoms with Gasteiger partial charge in [-0.1, -0.05) is 6.07 Å². The predicted molar refractivity (Wildman–Crippen MR) is 106 cm³/mol. The van der Waals surface area contributed by atoms with Crippen LogP contribution in [0.5, 0.6) is 23.0 Å². The van der Waals surface area contributed by atoms with Crippen LogP contribution in [0.15, 0.2) is 42.5 Å². The fourth-order valence-corrected chi connectivity index (χ4v) is 2.46. The highest BCUT2D eigenvalue weighted by molar-refractivity contribution is 5.85. The Hall–Kier alpha value is -2.02. The first-order valence-corrected chi connectivity index (χ1v) is 8.02. The van der Waals surface area contributed by atoms with Gasteiger partial charge in [-0.2, -0.15) is 0 Å². The zero-order valence-corrected chi connectivity index (χ0v) is 15.9. The summed E-state index contributed by atoms with van der Waals surface area (Å²) in [5.41, 5.74) is 6.40. The number of phenolic OH excluding ortho intramolecular Hbond substituents is 1. The number of nitrogen functional groups attached to an aromatic ring is 1. The second-order valence-corrected chi connectivity index (χ2v) is 5.66. The molecule has 0 aliphatic carbocycles. The van der Waals surface area contributed by atoms with Crippen LogP contribution < -0.4 is 25.3 Å². The van der Waals surface area contributed by atoms with Crippen molar-refractivity contribution in [1.82, 2.24) is 5.32 Å². The van der Waals surface area contributed by atoms with Gasteiger partial charge in [0.2, 0.25) is 0 Å². The number of halogens is 2. The summed E-state index contributed by atoms with van der Waals surface area (Å²) < 4.78 is 17.1. The Kier molecular flexibility index (Phi) is 9.19. The molecule has 0 spiro atoms. The Balaban J connectivity index is 0.00000169. The van der Waals surface area contributed by atoms with Crippen molar-refractivity contribution in [2.45, 2.75) is 12.5 Å². The summed E-state index contributed by atoms with van der Waals surface area (Å²) in [5.74, 6) is 2.21. The second kappa shape index (κ2) is 10.9. The fourth-order valence-electron chi connectivity index (χ4n) is 2.46. The van der Waals surface area contributed by atoms with E-state index in [9.17, 15) is 5.11 Å². The molecule has 0 fully saturated rings. The lowest BCUT2D eigenvalue weighted by Crippen LogP contribution is -2.39. The molecule has 1 aliphatic heterocycles. The summed E-state index contributed by atoms with van der Waals surface area (Å²) in [7, 11) is 0. The number of aromatic hydroxyl groups is 1. The fraction of sp³-hybridized carbons (Fsp3) is 0.333. The molecule has 0 amide bonds. The number of anilines is 1. The van der Waals surface area contributed by atoms with Gasteiger partial charge in [0, 0.05) is 24.4 Å². The first kappa shape index (κ1) is 22.0. The average molecular weight is 403 g/mol. The second-order valence-electron chi connectivity index (χ2n) is 5.66. The molecule has 1 atom stereocenters. The molecule has 2 aromatic carbocycles. The van der Waals surface area contributed by atoms with Crippen molar-refractivity contribution in [2.75, 3.05) is 32.0 Å². The average Bonchev–Trinajstić information content (AvgIpc) is 2.57. The zero-order valence-electron chi connectivity index (χ0n) is 14.2. The van der Waals surface area contributed by atoms with E-state index in [2.05, 4.69) is 5.32 Å². The summed E-state index contributed by atoms with van der Waals surface area (Å²) in [6.45, 7) is 2.60. The van der Waals surface area contributed by atoms with Gasteiger partial charge in [-0.15, -0.1) is 24.8 Å². The molecule has 0 unspecified atom stereocenters. The lowest BCUT2D eigenvalue weighted by atomic mass is 10.2. The van der Waals surface area contributed by atoms with E-state index in [1.165, 1.54) is 0 Å². The van der Waals surface area contributed by atoms with Crippen LogP contribution in [0.2, 0.25) is 0 Å². The highest BCUT2D eigenvalue weighted by Gasteiger charge is 2.20. The number of hydrogen-bond acceptors (Lipinski definition) is 6. The molecule has 3 rings (SSSR count). The number of nitrogens with two attached hydrogens (primary N) is 1. The van der Waals surface area contributed by atoms with Gasteiger partial charge < -0.3 is 30.4 Å². The molecule has 8 heteroatoms. The molecule has 0 saturated heterocycles. The molecule has 0 saturated carbocycles. The van der Waals surface area contributed by atoms with Crippen LogP contribution in [0.4, 0.5) is 5.69 Å². The molecule has 4 N–H and O–H groups in total. The van der Waals surface area contributed by atoms with Crippen LogP contribution in [-0.2, 0) is 0 Å². The SMILES string of the molecule is Cl.Cl.Nc1cccc(OCCCNC[C@H]2COc3ccc(O)cc3O2)c1. The van der Waals surface area contributed by atoms with Gasteiger partial charge >= 0.3 is 0 Å². The van der Waals surface area contributed by atoms with Crippen molar-refractivity contribution in [1.29, 1.82) is 0 Å². The smallest absolute Gasteiger partial charge is 0.165 e. The van der Waals surface area contributed by atoms with Gasteiger partial charge in [-0.05, 0) is 37.2 Å². The number of phenols is 1. The van der Waals surface area contributed by atoms with E-state index in [0.29, 0.717) is 36.9 Å². The van der Waals surface area contributed by atoms with Gasteiger partial charge in [0.05, 0.1) is 6.61 Å². The number of fused-ring (bicyclic) bond motifs is 1. The van der Waals surface area contributed by atoms with Crippen LogP contribution in [0.1, 0.15) is 6.42 Å². The van der Waals surface area contributed by atoms with E-state index in [1.807, 2.05) is 24.3 Å². The summed E-state index contributed by atoms with van der Waals surface area (Å²) in [4.78, 5) is 0. The number of nitrogens with one attached hydrogen (secondary N) is 1. The standard InChI is InChI=1S/C18H22N2O4.2ClH/c19-13-3-1-4-15(9-13)22-8-2-7-20-11-16-12-23-17-6-5-14(21)10-18(17)24-16;;/h1,3-6,9-10,16,20-21H,2,7-8,11-12,19H2;2*1H/t16-;;/m0../s1. The summed E-state index contributed by atoms with van der Waals surface area (Å²) >= 11 is 0. The molecule has 1 heterocycles. The highest BCUT2D eigenvalue weighted by Crippen LogP contribution is 2.34. The molecule has 26 heavy (non-hydrogen) atoms. The van der Waals surface area contributed by atoms with Crippen molar-refractivity contribution in [3.05, 3.63) is 42.5 Å². The van der Waals surface area contributed by atoms with Crippen LogP contribution in [0.3, 0.4) is 0 Å². The van der Waals surface area contributed by atoms with Crippen molar-refractivity contribution >= 4 is 30.5 Å². The van der Waals surface area contributed by atoms with E-state index in [-0.39, 0.29) is 36.7 Å². The van der Waals surface area contributed by atoms with Gasteiger partial charge in [0.1, 0.15) is 24.2 Å². The Morgan fingerprint density at radius 3 is 2.81 bits per heavy atom. The van der Waals surface area contributed by atoms with Gasteiger partial charge in [0.15, 0.2) is 11.5 Å². The largest absolute Gasteiger partial charge is 0.508 e. The van der Waals surface area contributed by atoms with E-state index in [4.69, 9.17) is 19.9 Å². The third-order valence-electron chi connectivity index (χ3n) is 3.64. The third-order valence-corrected chi connectivity index (χ3v) is 3.64. The van der Waals surface area contributed by atoms with Crippen LogP contribution in [-0.4, -0.2) is 37.5 Å². The van der Waals surface area contributed by atoms with Crippen LogP contribution in [0.25, 0.3) is 0 Å². The first-order valence-electron chi connectivity index (χ1n) is 8.02. The minimum absolute atomic E-state index is 0. The van der Waals surface area contributed by atoms with Gasteiger partial charge in [-0.25, -0.2) is 0 Å². The number of benzene rings is 2. The number of ether oxygens (including phenoxy) is 3. The molecule has 144 valence electrons. The minimum atomic E-state index is -0.0749. The van der Waals surface area contributed by atoms with Crippen LogP contribution in [0, 0.1) is 0 Å². The third kappa shape index (κ3) is 6.37. The Labute approximate surface area is 165 Å². The molecule has 0 radical (unpaired) electrons.